The summed E-state index contributed by atoms with van der Waals surface area (Å²) in [5.74, 6) is 0. The van der Waals surface area contributed by atoms with Crippen molar-refractivity contribution in [3.63, 3.8) is 0 Å². The average molecular weight is 611 g/mol. The van der Waals surface area contributed by atoms with Crippen LogP contribution < -0.4 is 0 Å². The van der Waals surface area contributed by atoms with Crippen LogP contribution in [0.15, 0.2) is 194 Å². The lowest BCUT2D eigenvalue weighted by atomic mass is 9.93. The lowest BCUT2D eigenvalue weighted by molar-refractivity contribution is 1.55. The molecule has 0 aliphatic carbocycles. The van der Waals surface area contributed by atoms with Crippen molar-refractivity contribution in [3.05, 3.63) is 228 Å². The van der Waals surface area contributed by atoms with E-state index in [0.29, 0.717) is 0 Å². The minimum absolute atomic E-state index is 1.17. The van der Waals surface area contributed by atoms with E-state index in [1.807, 2.05) is 0 Å². The van der Waals surface area contributed by atoms with Gasteiger partial charge in [0.2, 0.25) is 0 Å². The van der Waals surface area contributed by atoms with E-state index in [-0.39, 0.29) is 0 Å². The van der Waals surface area contributed by atoms with Gasteiger partial charge in [0.1, 0.15) is 0 Å². The van der Waals surface area contributed by atoms with Crippen molar-refractivity contribution in [1.82, 2.24) is 0 Å². The molecule has 8 aromatic rings. The molecule has 0 bridgehead atoms. The summed E-state index contributed by atoms with van der Waals surface area (Å²) in [5.41, 5.74) is 12.0. The molecule has 0 heteroatoms. The maximum Gasteiger partial charge on any atom is -0.0105 e. The van der Waals surface area contributed by atoms with Crippen LogP contribution in [-0.2, 0) is 0 Å². The van der Waals surface area contributed by atoms with Gasteiger partial charge in [-0.3, -0.25) is 0 Å². The summed E-state index contributed by atoms with van der Waals surface area (Å²) in [6.07, 6.45) is 4.60. The molecule has 0 fully saturated rings. The molecule has 0 saturated carbocycles. The predicted octanol–water partition coefficient (Wildman–Crippen LogP) is 12.8. The van der Waals surface area contributed by atoms with Gasteiger partial charge in [-0.2, -0.15) is 0 Å². The normalized spacial score (nSPS) is 12.0. The molecule has 226 valence electrons. The molecule has 0 aliphatic rings. The first-order valence-electron chi connectivity index (χ1n) is 16.5. The fraction of sp³-hybridized carbons (Fsp3) is 0. The molecule has 0 heterocycles. The van der Waals surface area contributed by atoms with Crippen molar-refractivity contribution in [2.75, 3.05) is 0 Å². The van der Waals surface area contributed by atoms with Crippen LogP contribution in [0, 0.1) is 0 Å². The van der Waals surface area contributed by atoms with Crippen molar-refractivity contribution in [2.45, 2.75) is 0 Å². The average Bonchev–Trinajstić information content (AvgIpc) is 3.17. The van der Waals surface area contributed by atoms with Gasteiger partial charge in [0.15, 0.2) is 0 Å². The van der Waals surface area contributed by atoms with Crippen molar-refractivity contribution in [1.29, 1.82) is 0 Å². The third-order valence-electron chi connectivity index (χ3n) is 9.07. The topological polar surface area (TPSA) is 0 Å². The molecular weight excluding hydrogens is 577 g/mol. The second-order valence-corrected chi connectivity index (χ2v) is 12.2. The van der Waals surface area contributed by atoms with E-state index >= 15 is 0 Å². The molecule has 8 rings (SSSR count). The van der Waals surface area contributed by atoms with Crippen LogP contribution in [0.2, 0.25) is 0 Å². The van der Waals surface area contributed by atoms with Gasteiger partial charge in [0.05, 0.1) is 0 Å². The largest absolute Gasteiger partial charge is 0.0622 e. The molecule has 8 aromatic carbocycles. The molecule has 0 aliphatic heterocycles. The smallest absolute Gasteiger partial charge is 0.0105 e. The first-order valence-corrected chi connectivity index (χ1v) is 16.5. The van der Waals surface area contributed by atoms with Gasteiger partial charge in [0, 0.05) is 0 Å². The van der Waals surface area contributed by atoms with E-state index in [4.69, 9.17) is 0 Å². The minimum Gasteiger partial charge on any atom is -0.0622 e. The summed E-state index contributed by atoms with van der Waals surface area (Å²) in [6.45, 7) is 0. The summed E-state index contributed by atoms with van der Waals surface area (Å²) in [5, 5.41) is 5.01. The van der Waals surface area contributed by atoms with Crippen LogP contribution >= 0.6 is 0 Å². The Morgan fingerprint density at radius 2 is 0.625 bits per heavy atom. The van der Waals surface area contributed by atoms with Gasteiger partial charge in [0.25, 0.3) is 0 Å². The zero-order valence-electron chi connectivity index (χ0n) is 26.6. The van der Waals surface area contributed by atoms with E-state index in [9.17, 15) is 0 Å². The van der Waals surface area contributed by atoms with Gasteiger partial charge < -0.3 is 0 Å². The summed E-state index contributed by atoms with van der Waals surface area (Å²) in [6, 6.07) is 69.7. The Hall–Kier alpha value is -6.24. The SMILES string of the molecule is C(=C(c1ccccc1)c1ccc2ccccc2c1)c1ccc(-c2ccc(C=C(c3ccccc3)c3ccc4ccccc4c3)cc2)cc1. The molecule has 0 unspecified atom stereocenters. The molecule has 0 spiro atoms. The molecule has 0 aromatic heterocycles. The van der Waals surface area contributed by atoms with Crippen molar-refractivity contribution in [3.8, 4) is 11.1 Å². The molecule has 48 heavy (non-hydrogen) atoms. The highest BCUT2D eigenvalue weighted by atomic mass is 14.1. The Kier molecular flexibility index (Phi) is 8.05. The Balaban J connectivity index is 1.10. The van der Waals surface area contributed by atoms with Crippen LogP contribution in [0.3, 0.4) is 0 Å². The first kappa shape index (κ1) is 29.2. The maximum absolute atomic E-state index is 2.30. The third-order valence-corrected chi connectivity index (χ3v) is 9.07. The zero-order chi connectivity index (χ0) is 32.1. The Labute approximate surface area is 282 Å². The fourth-order valence-corrected chi connectivity index (χ4v) is 6.49. The van der Waals surface area contributed by atoms with E-state index in [1.165, 1.54) is 77.2 Å². The minimum atomic E-state index is 1.17. The van der Waals surface area contributed by atoms with Crippen LogP contribution in [0.1, 0.15) is 33.4 Å². The van der Waals surface area contributed by atoms with E-state index in [2.05, 4.69) is 206 Å². The molecule has 0 nitrogen and oxygen atoms in total. The zero-order valence-corrected chi connectivity index (χ0v) is 26.6. The number of benzene rings is 8. The maximum atomic E-state index is 2.30. The van der Waals surface area contributed by atoms with Crippen LogP contribution in [0.25, 0.3) is 56.0 Å². The standard InChI is InChI=1S/C48H34/c1-3-13-41(14-4-1)47(45-29-27-37-11-7-9-17-43(37)33-45)31-35-19-23-39(24-20-35)40-25-21-36(22-26-40)32-48(42-15-5-2-6-16-42)46-30-28-38-12-8-10-18-44(38)34-46/h1-34H. The Morgan fingerprint density at radius 3 is 1.02 bits per heavy atom. The highest BCUT2D eigenvalue weighted by Crippen LogP contribution is 2.32. The summed E-state index contributed by atoms with van der Waals surface area (Å²) in [4.78, 5) is 0. The van der Waals surface area contributed by atoms with E-state index < -0.39 is 0 Å². The molecule has 0 saturated heterocycles. The lowest BCUT2D eigenvalue weighted by Crippen LogP contribution is -1.89. The highest BCUT2D eigenvalue weighted by Gasteiger charge is 2.09. The number of hydrogen-bond donors (Lipinski definition) is 0. The summed E-state index contributed by atoms with van der Waals surface area (Å²) in [7, 11) is 0. The molecule has 0 amide bonds. The quantitative estimate of drug-likeness (QED) is 0.158. The van der Waals surface area contributed by atoms with Crippen LogP contribution in [0.4, 0.5) is 0 Å². The van der Waals surface area contributed by atoms with Gasteiger partial charge in [-0.1, -0.05) is 182 Å². The van der Waals surface area contributed by atoms with Crippen molar-refractivity contribution >= 4 is 44.8 Å². The Morgan fingerprint density at radius 1 is 0.271 bits per heavy atom. The van der Waals surface area contributed by atoms with Crippen LogP contribution in [0.5, 0.6) is 0 Å². The summed E-state index contributed by atoms with van der Waals surface area (Å²) >= 11 is 0. The second-order valence-electron chi connectivity index (χ2n) is 12.2. The van der Waals surface area contributed by atoms with E-state index in [0.717, 1.165) is 0 Å². The summed E-state index contributed by atoms with van der Waals surface area (Å²) < 4.78 is 0. The van der Waals surface area contributed by atoms with Crippen LogP contribution in [-0.4, -0.2) is 0 Å². The molecule has 0 N–H and O–H groups in total. The van der Waals surface area contributed by atoms with Gasteiger partial charge >= 0.3 is 0 Å². The lowest BCUT2D eigenvalue weighted by Gasteiger charge is -2.11. The monoisotopic (exact) mass is 610 g/mol. The molecule has 0 atom stereocenters. The van der Waals surface area contributed by atoms with Gasteiger partial charge in [-0.15, -0.1) is 0 Å². The predicted molar refractivity (Wildman–Crippen MR) is 207 cm³/mol. The van der Waals surface area contributed by atoms with Crippen molar-refractivity contribution < 1.29 is 0 Å². The third kappa shape index (κ3) is 6.25. The molecule has 0 radical (unpaired) electrons. The number of hydrogen-bond acceptors (Lipinski definition) is 0. The van der Waals surface area contributed by atoms with Gasteiger partial charge in [-0.25, -0.2) is 0 Å². The fourth-order valence-electron chi connectivity index (χ4n) is 6.49. The second kappa shape index (κ2) is 13.2. The van der Waals surface area contributed by atoms with Gasteiger partial charge in [-0.05, 0) is 101 Å². The number of fused-ring (bicyclic) bond motifs is 2. The highest BCUT2D eigenvalue weighted by molar-refractivity contribution is 5.97. The van der Waals surface area contributed by atoms with E-state index in [1.54, 1.807) is 0 Å². The Bertz CT molecular complexity index is 2220. The first-order chi connectivity index (χ1) is 23.8. The van der Waals surface area contributed by atoms with Crippen molar-refractivity contribution in [2.24, 2.45) is 0 Å². The molecular formula is C48H34. The number of rotatable bonds is 7.